The first-order valence-electron chi connectivity index (χ1n) is 22.1. The third-order valence-electron chi connectivity index (χ3n) is 12.6. The third kappa shape index (κ3) is 12.3. The number of nitrogens with zero attached hydrogens (tertiary/aromatic N) is 2. The Balaban J connectivity index is 0.992. The SMILES string of the molecule is CC1(C)C(NC(=O)c2ccc(CCCCCCOCC(=O)N[C@H](C(=O)N3C[C@H](O)C[C@H]3C(=O)CCc3ccc(C(=O)O)cc3)C(C)(C)C)cc2)C(C)(C)C1Oc1ccc(C#N)c(Cl)c1. The van der Waals surface area contributed by atoms with Gasteiger partial charge in [0.25, 0.3) is 5.91 Å². The van der Waals surface area contributed by atoms with E-state index in [2.05, 4.69) is 44.4 Å². The summed E-state index contributed by atoms with van der Waals surface area (Å²) in [7, 11) is 0. The summed E-state index contributed by atoms with van der Waals surface area (Å²) in [6, 6.07) is 19.1. The number of β-amino-alcohol motifs (C(OH)–C–C–N with tert-alkyl or cyclic N) is 1. The number of aryl methyl sites for hydroxylation is 2. The molecule has 1 aliphatic carbocycles. The van der Waals surface area contributed by atoms with E-state index in [1.807, 2.05) is 45.0 Å². The number of hydrogen-bond donors (Lipinski definition) is 4. The number of carboxylic acid groups (broad SMARTS) is 1. The number of amides is 3. The van der Waals surface area contributed by atoms with Crippen LogP contribution in [0.5, 0.6) is 5.75 Å². The summed E-state index contributed by atoms with van der Waals surface area (Å²) in [6.07, 6.45) is 3.94. The first kappa shape index (κ1) is 49.7. The van der Waals surface area contributed by atoms with Crippen LogP contribution in [0.25, 0.3) is 0 Å². The zero-order valence-corrected chi connectivity index (χ0v) is 38.8. The Hall–Kier alpha value is -5.29. The van der Waals surface area contributed by atoms with Crippen molar-refractivity contribution < 1.29 is 43.7 Å². The minimum Gasteiger partial charge on any atom is -0.489 e. The topological polar surface area (TPSA) is 195 Å². The molecule has 0 spiro atoms. The first-order valence-corrected chi connectivity index (χ1v) is 22.5. The molecular formula is C50H63ClN4O9. The number of aliphatic hydroxyl groups excluding tert-OH is 1. The molecule has 3 atom stereocenters. The van der Waals surface area contributed by atoms with Gasteiger partial charge in [-0.3, -0.25) is 19.2 Å². The number of halogens is 1. The van der Waals surface area contributed by atoms with E-state index >= 15 is 0 Å². The molecule has 2 aliphatic rings. The van der Waals surface area contributed by atoms with Crippen molar-refractivity contribution in [2.45, 2.75) is 130 Å². The number of carbonyl (C=O) groups excluding carboxylic acids is 4. The number of ketones is 1. The highest BCUT2D eigenvalue weighted by molar-refractivity contribution is 6.31. The van der Waals surface area contributed by atoms with Crippen molar-refractivity contribution in [2.24, 2.45) is 16.2 Å². The number of nitriles is 1. The van der Waals surface area contributed by atoms with Gasteiger partial charge in [-0.25, -0.2) is 4.79 Å². The molecule has 1 aliphatic heterocycles. The number of unbranched alkanes of at least 4 members (excludes halogenated alkanes) is 3. The standard InChI is InChI=1S/C50H63ClN4O9/c1-48(2,3)42(44(60)55-29-36(56)26-39(55)40(57)24-17-32-15-20-34(21-16-32)45(61)62)53-41(58)30-63-25-11-9-8-10-12-31-13-18-33(19-14-31)43(59)54-46-49(4,5)47(50(46,6)7)64-37-23-22-35(28-52)38(51)27-37/h13-16,18-23,27,36,39,42,46-47,56H,8-12,17,24-26,29-30H2,1-7H3,(H,53,58)(H,54,59)(H,61,62)/t36-,39+,42-,46?,47?/m1/s1. The maximum Gasteiger partial charge on any atom is 0.335 e. The van der Waals surface area contributed by atoms with Crippen molar-refractivity contribution in [3.8, 4) is 11.8 Å². The molecule has 344 valence electrons. The largest absolute Gasteiger partial charge is 0.489 e. The zero-order chi connectivity index (χ0) is 47.0. The number of aliphatic hydroxyl groups is 1. The molecule has 1 saturated carbocycles. The molecule has 4 N–H and O–H groups in total. The van der Waals surface area contributed by atoms with Crippen molar-refractivity contribution in [1.82, 2.24) is 15.5 Å². The maximum atomic E-state index is 13.9. The van der Waals surface area contributed by atoms with E-state index in [-0.39, 0.29) is 66.2 Å². The number of Topliss-reactive ketones (excluding diaryl/α,β-unsaturated/α-hetero) is 1. The fraction of sp³-hybridized carbons (Fsp3) is 0.520. The van der Waals surface area contributed by atoms with Crippen LogP contribution in [0.3, 0.4) is 0 Å². The average Bonchev–Trinajstić information content (AvgIpc) is 3.65. The molecule has 0 radical (unpaired) electrons. The van der Waals surface area contributed by atoms with Crippen molar-refractivity contribution in [3.63, 3.8) is 0 Å². The van der Waals surface area contributed by atoms with Crippen LogP contribution in [-0.2, 0) is 32.0 Å². The fourth-order valence-corrected chi connectivity index (χ4v) is 9.53. The number of nitrogens with one attached hydrogen (secondary N) is 2. The lowest BCUT2D eigenvalue weighted by atomic mass is 9.49. The van der Waals surface area contributed by atoms with Gasteiger partial charge in [-0.15, -0.1) is 0 Å². The van der Waals surface area contributed by atoms with Gasteiger partial charge in [0.1, 0.15) is 30.6 Å². The van der Waals surface area contributed by atoms with E-state index in [0.717, 1.165) is 43.2 Å². The second kappa shape index (κ2) is 21.1. The lowest BCUT2D eigenvalue weighted by Gasteiger charge is -2.63. The Labute approximate surface area is 381 Å². The van der Waals surface area contributed by atoms with E-state index in [1.165, 1.54) is 17.0 Å². The van der Waals surface area contributed by atoms with Gasteiger partial charge in [-0.2, -0.15) is 5.26 Å². The summed E-state index contributed by atoms with van der Waals surface area (Å²) in [5.41, 5.74) is 1.61. The number of carboxylic acids is 1. The van der Waals surface area contributed by atoms with Crippen LogP contribution >= 0.6 is 11.6 Å². The molecule has 2 fully saturated rings. The molecule has 3 aromatic carbocycles. The minimum absolute atomic E-state index is 0.0140. The van der Waals surface area contributed by atoms with Gasteiger partial charge in [0.05, 0.1) is 28.3 Å². The van der Waals surface area contributed by atoms with Crippen LogP contribution in [-0.4, -0.2) is 94.7 Å². The zero-order valence-electron chi connectivity index (χ0n) is 38.0. The predicted octanol–water partition coefficient (Wildman–Crippen LogP) is 7.34. The number of hydrogen-bond acceptors (Lipinski definition) is 9. The molecule has 5 rings (SSSR count). The summed E-state index contributed by atoms with van der Waals surface area (Å²) in [5.74, 6) is -1.68. The monoisotopic (exact) mass is 898 g/mol. The quantitative estimate of drug-likeness (QED) is 0.0834. The van der Waals surface area contributed by atoms with Gasteiger partial charge in [-0.1, -0.05) is 97.2 Å². The Kier molecular flexibility index (Phi) is 16.4. The molecule has 64 heavy (non-hydrogen) atoms. The number of aromatic carboxylic acids is 1. The van der Waals surface area contributed by atoms with Crippen LogP contribution in [0.1, 0.15) is 124 Å². The maximum absolute atomic E-state index is 13.9. The van der Waals surface area contributed by atoms with Crippen molar-refractivity contribution in [3.05, 3.63) is 99.6 Å². The van der Waals surface area contributed by atoms with Crippen LogP contribution in [0, 0.1) is 27.6 Å². The van der Waals surface area contributed by atoms with E-state index in [0.29, 0.717) is 34.9 Å². The average molecular weight is 900 g/mol. The number of benzene rings is 3. The van der Waals surface area contributed by atoms with E-state index in [4.69, 9.17) is 26.2 Å². The fourth-order valence-electron chi connectivity index (χ4n) is 9.31. The molecular weight excluding hydrogens is 836 g/mol. The highest BCUT2D eigenvalue weighted by Gasteiger charge is 2.64. The summed E-state index contributed by atoms with van der Waals surface area (Å²) in [5, 5.41) is 35.2. The molecule has 14 heteroatoms. The summed E-state index contributed by atoms with van der Waals surface area (Å²) in [4.78, 5) is 66.1. The van der Waals surface area contributed by atoms with Gasteiger partial charge >= 0.3 is 5.97 Å². The second-order valence-corrected chi connectivity index (χ2v) is 19.9. The molecule has 3 aromatic rings. The van der Waals surface area contributed by atoms with Crippen molar-refractivity contribution >= 4 is 41.1 Å². The number of ether oxygens (including phenoxy) is 2. The van der Waals surface area contributed by atoms with Crippen LogP contribution in [0.4, 0.5) is 0 Å². The molecule has 1 heterocycles. The Morgan fingerprint density at radius 1 is 0.891 bits per heavy atom. The molecule has 1 saturated heterocycles. The van der Waals surface area contributed by atoms with Crippen molar-refractivity contribution in [2.75, 3.05) is 19.8 Å². The van der Waals surface area contributed by atoms with Crippen molar-refractivity contribution in [1.29, 1.82) is 5.26 Å². The number of likely N-dealkylation sites (tertiary alicyclic amines) is 1. The van der Waals surface area contributed by atoms with Gasteiger partial charge < -0.3 is 35.2 Å². The minimum atomic E-state index is -1.03. The second-order valence-electron chi connectivity index (χ2n) is 19.4. The molecule has 0 unspecified atom stereocenters. The molecule has 0 aromatic heterocycles. The summed E-state index contributed by atoms with van der Waals surface area (Å²) in [6.45, 7) is 13.9. The molecule has 3 amide bonds. The summed E-state index contributed by atoms with van der Waals surface area (Å²) >= 11 is 6.23. The summed E-state index contributed by atoms with van der Waals surface area (Å²) < 4.78 is 12.0. The Morgan fingerprint density at radius 3 is 2.09 bits per heavy atom. The molecule has 0 bridgehead atoms. The highest BCUT2D eigenvalue weighted by atomic mass is 35.5. The van der Waals surface area contributed by atoms with E-state index < -0.39 is 41.4 Å². The first-order chi connectivity index (χ1) is 30.1. The third-order valence-corrected chi connectivity index (χ3v) is 12.9. The van der Waals surface area contributed by atoms with E-state index in [9.17, 15) is 34.3 Å². The molecule has 13 nitrogen and oxygen atoms in total. The highest BCUT2D eigenvalue weighted by Crippen LogP contribution is 2.55. The van der Waals surface area contributed by atoms with Crippen LogP contribution in [0.2, 0.25) is 5.02 Å². The van der Waals surface area contributed by atoms with Gasteiger partial charge in [-0.05, 0) is 78.6 Å². The lowest BCUT2D eigenvalue weighted by Crippen LogP contribution is -2.74. The Bertz CT molecular complexity index is 2180. The number of carbonyl (C=O) groups is 5. The smallest absolute Gasteiger partial charge is 0.335 e. The van der Waals surface area contributed by atoms with Crippen LogP contribution < -0.4 is 15.4 Å². The van der Waals surface area contributed by atoms with Crippen LogP contribution in [0.15, 0.2) is 66.7 Å². The van der Waals surface area contributed by atoms with E-state index in [1.54, 1.807) is 30.3 Å². The Morgan fingerprint density at radius 2 is 1.50 bits per heavy atom. The lowest BCUT2D eigenvalue weighted by molar-refractivity contribution is -0.164. The normalized spacial score (nSPS) is 20.3. The number of rotatable bonds is 20. The van der Waals surface area contributed by atoms with Gasteiger partial charge in [0.2, 0.25) is 11.8 Å². The van der Waals surface area contributed by atoms with Gasteiger partial charge in [0, 0.05) is 54.5 Å². The van der Waals surface area contributed by atoms with Gasteiger partial charge in [0.15, 0.2) is 5.78 Å². The predicted molar refractivity (Wildman–Crippen MR) is 243 cm³/mol.